The summed E-state index contributed by atoms with van der Waals surface area (Å²) in [5.74, 6) is -0.0211. The number of fused-ring (bicyclic) bond motifs is 1. The zero-order valence-electron chi connectivity index (χ0n) is 14.2. The molecule has 1 aromatic heterocycles. The highest BCUT2D eigenvalue weighted by Crippen LogP contribution is 2.23. The molecule has 5 nitrogen and oxygen atoms in total. The maximum Gasteiger partial charge on any atom is 0.256 e. The van der Waals surface area contributed by atoms with Gasteiger partial charge in [0.15, 0.2) is 0 Å². The van der Waals surface area contributed by atoms with Crippen LogP contribution in [-0.4, -0.2) is 17.0 Å². The van der Waals surface area contributed by atoms with Crippen LogP contribution in [0.3, 0.4) is 0 Å². The van der Waals surface area contributed by atoms with Gasteiger partial charge in [-0.1, -0.05) is 26.8 Å². The second kappa shape index (κ2) is 6.86. The van der Waals surface area contributed by atoms with Crippen molar-refractivity contribution in [2.24, 2.45) is 5.92 Å². The molecule has 0 spiro atoms. The average Bonchev–Trinajstić information content (AvgIpc) is 2.52. The standard InChI is InChI=1S/C18H25N3O2/c1-5-12(4)21-10-13(18(23)20-9-11(2)3)17(22)16-14(19)7-6-8-15(16)21/h6-8,10-12H,5,9,19H2,1-4H3,(H,20,23). The Balaban J connectivity index is 2.66. The third-order valence-electron chi connectivity index (χ3n) is 4.07. The molecule has 5 heteroatoms. The molecule has 1 atom stereocenters. The molecule has 0 radical (unpaired) electrons. The van der Waals surface area contributed by atoms with Crippen LogP contribution in [0.1, 0.15) is 50.5 Å². The molecular weight excluding hydrogens is 290 g/mol. The highest BCUT2D eigenvalue weighted by Gasteiger charge is 2.18. The maximum atomic E-state index is 12.7. The summed E-state index contributed by atoms with van der Waals surface area (Å²) >= 11 is 0. The van der Waals surface area contributed by atoms with E-state index in [0.29, 0.717) is 23.5 Å². The molecule has 0 fully saturated rings. The number of carbonyl (C=O) groups is 1. The van der Waals surface area contributed by atoms with Gasteiger partial charge < -0.3 is 15.6 Å². The summed E-state index contributed by atoms with van der Waals surface area (Å²) in [4.78, 5) is 25.2. The van der Waals surface area contributed by atoms with E-state index in [-0.39, 0.29) is 22.9 Å². The Hall–Kier alpha value is -2.30. The lowest BCUT2D eigenvalue weighted by atomic mass is 10.1. The van der Waals surface area contributed by atoms with Crippen molar-refractivity contribution in [3.05, 3.63) is 40.2 Å². The number of nitrogens with one attached hydrogen (secondary N) is 1. The van der Waals surface area contributed by atoms with Crippen LogP contribution in [0.15, 0.2) is 29.2 Å². The summed E-state index contributed by atoms with van der Waals surface area (Å²) in [6.45, 7) is 8.68. The smallest absolute Gasteiger partial charge is 0.256 e. The highest BCUT2D eigenvalue weighted by molar-refractivity contribution is 6.00. The molecule has 2 rings (SSSR count). The van der Waals surface area contributed by atoms with Gasteiger partial charge in [0, 0.05) is 24.5 Å². The van der Waals surface area contributed by atoms with Crippen LogP contribution in [0, 0.1) is 5.92 Å². The normalized spacial score (nSPS) is 12.6. The van der Waals surface area contributed by atoms with Crippen LogP contribution in [0.4, 0.5) is 5.69 Å². The Morgan fingerprint density at radius 1 is 1.30 bits per heavy atom. The minimum Gasteiger partial charge on any atom is -0.398 e. The van der Waals surface area contributed by atoms with Crippen LogP contribution in [-0.2, 0) is 0 Å². The second-order valence-corrected chi connectivity index (χ2v) is 6.38. The van der Waals surface area contributed by atoms with Gasteiger partial charge in [-0.15, -0.1) is 0 Å². The predicted octanol–water partition coefficient (Wildman–Crippen LogP) is 2.94. The van der Waals surface area contributed by atoms with Crippen LogP contribution >= 0.6 is 0 Å². The van der Waals surface area contributed by atoms with Gasteiger partial charge in [-0.25, -0.2) is 0 Å². The first-order valence-corrected chi connectivity index (χ1v) is 8.08. The van der Waals surface area contributed by atoms with Gasteiger partial charge in [0.1, 0.15) is 5.56 Å². The number of rotatable bonds is 5. The number of hydrogen-bond acceptors (Lipinski definition) is 3. The summed E-state index contributed by atoms with van der Waals surface area (Å²) in [7, 11) is 0. The Labute approximate surface area is 136 Å². The van der Waals surface area contributed by atoms with E-state index in [1.807, 2.05) is 30.5 Å². The first-order valence-electron chi connectivity index (χ1n) is 8.08. The Morgan fingerprint density at radius 2 is 2.00 bits per heavy atom. The van der Waals surface area contributed by atoms with Crippen LogP contribution in [0.2, 0.25) is 0 Å². The van der Waals surface area contributed by atoms with Crippen molar-refractivity contribution in [2.45, 2.75) is 40.2 Å². The summed E-state index contributed by atoms with van der Waals surface area (Å²) in [6.07, 6.45) is 2.55. The zero-order valence-corrected chi connectivity index (χ0v) is 14.2. The van der Waals surface area contributed by atoms with Crippen molar-refractivity contribution >= 4 is 22.5 Å². The van der Waals surface area contributed by atoms with Gasteiger partial charge in [-0.05, 0) is 31.4 Å². The molecule has 1 aromatic carbocycles. The van der Waals surface area contributed by atoms with E-state index in [9.17, 15) is 9.59 Å². The van der Waals surface area contributed by atoms with E-state index < -0.39 is 0 Å². The molecule has 1 heterocycles. The Bertz CT molecular complexity index is 778. The van der Waals surface area contributed by atoms with Crippen molar-refractivity contribution in [1.82, 2.24) is 9.88 Å². The minimum absolute atomic E-state index is 0.149. The molecule has 3 N–H and O–H groups in total. The number of aromatic nitrogens is 1. The lowest BCUT2D eigenvalue weighted by molar-refractivity contribution is 0.0947. The van der Waals surface area contributed by atoms with E-state index in [1.54, 1.807) is 12.3 Å². The van der Waals surface area contributed by atoms with Gasteiger partial charge >= 0.3 is 0 Å². The molecular formula is C18H25N3O2. The third kappa shape index (κ3) is 3.38. The van der Waals surface area contributed by atoms with Gasteiger partial charge in [-0.2, -0.15) is 0 Å². The SMILES string of the molecule is CCC(C)n1cc(C(=O)NCC(C)C)c(=O)c2c(N)cccc21. The molecule has 0 saturated heterocycles. The van der Waals surface area contributed by atoms with Gasteiger partial charge in [0.2, 0.25) is 5.43 Å². The number of pyridine rings is 1. The lowest BCUT2D eigenvalue weighted by Gasteiger charge is -2.19. The average molecular weight is 315 g/mol. The minimum atomic E-state index is -0.342. The fourth-order valence-electron chi connectivity index (χ4n) is 2.54. The van der Waals surface area contributed by atoms with E-state index >= 15 is 0 Å². The number of nitrogen functional groups attached to an aromatic ring is 1. The van der Waals surface area contributed by atoms with Crippen LogP contribution < -0.4 is 16.5 Å². The van der Waals surface area contributed by atoms with Gasteiger partial charge in [-0.3, -0.25) is 9.59 Å². The molecule has 124 valence electrons. The molecule has 2 aromatic rings. The second-order valence-electron chi connectivity index (χ2n) is 6.38. The number of nitrogens with two attached hydrogens (primary N) is 1. The van der Waals surface area contributed by atoms with Crippen LogP contribution in [0.25, 0.3) is 10.9 Å². The molecule has 0 aliphatic heterocycles. The van der Waals surface area contributed by atoms with Crippen molar-refractivity contribution in [3.63, 3.8) is 0 Å². The maximum absolute atomic E-state index is 12.7. The largest absolute Gasteiger partial charge is 0.398 e. The zero-order chi connectivity index (χ0) is 17.1. The number of benzene rings is 1. The van der Waals surface area contributed by atoms with E-state index in [1.165, 1.54) is 0 Å². The summed E-state index contributed by atoms with van der Waals surface area (Å²) in [5, 5.41) is 3.24. The van der Waals surface area contributed by atoms with Crippen molar-refractivity contribution in [3.8, 4) is 0 Å². The first kappa shape index (κ1) is 17.1. The van der Waals surface area contributed by atoms with E-state index in [2.05, 4.69) is 19.2 Å². The molecule has 0 aliphatic rings. The van der Waals surface area contributed by atoms with Crippen molar-refractivity contribution in [2.75, 3.05) is 12.3 Å². The number of carbonyl (C=O) groups excluding carboxylic acids is 1. The molecule has 23 heavy (non-hydrogen) atoms. The number of nitrogens with zero attached hydrogens (tertiary/aromatic N) is 1. The molecule has 0 aliphatic carbocycles. The predicted molar refractivity (Wildman–Crippen MR) is 94.8 cm³/mol. The molecule has 0 bridgehead atoms. The Kier molecular flexibility index (Phi) is 5.08. The topological polar surface area (TPSA) is 77.1 Å². The lowest BCUT2D eigenvalue weighted by Crippen LogP contribution is -2.32. The number of hydrogen-bond donors (Lipinski definition) is 2. The fraction of sp³-hybridized carbons (Fsp3) is 0.444. The third-order valence-corrected chi connectivity index (χ3v) is 4.07. The Morgan fingerprint density at radius 3 is 2.61 bits per heavy atom. The van der Waals surface area contributed by atoms with Gasteiger partial charge in [0.25, 0.3) is 5.91 Å². The molecule has 0 saturated carbocycles. The van der Waals surface area contributed by atoms with E-state index in [4.69, 9.17) is 5.73 Å². The highest BCUT2D eigenvalue weighted by atomic mass is 16.2. The number of anilines is 1. The first-order chi connectivity index (χ1) is 10.9. The van der Waals surface area contributed by atoms with Crippen molar-refractivity contribution < 1.29 is 4.79 Å². The fourth-order valence-corrected chi connectivity index (χ4v) is 2.54. The van der Waals surface area contributed by atoms with Crippen molar-refractivity contribution in [1.29, 1.82) is 0 Å². The summed E-state index contributed by atoms with van der Waals surface area (Å²) in [5.41, 5.74) is 7.03. The van der Waals surface area contributed by atoms with Gasteiger partial charge in [0.05, 0.1) is 10.9 Å². The molecule has 1 unspecified atom stereocenters. The number of amides is 1. The molecule has 1 amide bonds. The monoisotopic (exact) mass is 315 g/mol. The van der Waals surface area contributed by atoms with Crippen LogP contribution in [0.5, 0.6) is 0 Å². The summed E-state index contributed by atoms with van der Waals surface area (Å²) in [6, 6.07) is 5.56. The summed E-state index contributed by atoms with van der Waals surface area (Å²) < 4.78 is 1.97. The van der Waals surface area contributed by atoms with E-state index in [0.717, 1.165) is 11.9 Å². The quantitative estimate of drug-likeness (QED) is 0.833.